The van der Waals surface area contributed by atoms with Crippen LogP contribution in [0.4, 0.5) is 18.3 Å². The Kier molecular flexibility index (Phi) is 8.61. The molecule has 1 aliphatic rings. The van der Waals surface area contributed by atoms with Crippen molar-refractivity contribution in [3.8, 4) is 33.2 Å². The second kappa shape index (κ2) is 12.3. The fraction of sp³-hybridized carbons (Fsp3) is 0.323. The maximum atomic E-state index is 13.4. The summed E-state index contributed by atoms with van der Waals surface area (Å²) in [6, 6.07) is 21.7. The molecule has 1 aromatic heterocycles. The number of anilines is 1. The van der Waals surface area contributed by atoms with Crippen LogP contribution in [0.3, 0.4) is 0 Å². The van der Waals surface area contributed by atoms with Gasteiger partial charge in [-0.1, -0.05) is 29.5 Å². The highest BCUT2D eigenvalue weighted by Crippen LogP contribution is 2.40. The molecule has 1 N–H and O–H groups in total. The van der Waals surface area contributed by atoms with Crippen LogP contribution in [0.1, 0.15) is 24.0 Å². The molecule has 0 radical (unpaired) electrons. The van der Waals surface area contributed by atoms with Crippen LogP contribution >= 0.6 is 11.3 Å². The van der Waals surface area contributed by atoms with Gasteiger partial charge in [0.15, 0.2) is 5.13 Å². The Morgan fingerprint density at radius 2 is 1.48 bits per heavy atom. The fourth-order valence-corrected chi connectivity index (χ4v) is 6.03. The molecule has 0 saturated carbocycles. The van der Waals surface area contributed by atoms with E-state index in [9.17, 15) is 13.2 Å². The normalized spacial score (nSPS) is 14.7. The monoisotopic (exact) mass is 567 g/mol. The predicted octanol–water partition coefficient (Wildman–Crippen LogP) is 7.84. The van der Waals surface area contributed by atoms with Crippen LogP contribution in [-0.2, 0) is 12.7 Å². The van der Waals surface area contributed by atoms with E-state index in [0.29, 0.717) is 18.0 Å². The Bertz CT molecular complexity index is 1330. The van der Waals surface area contributed by atoms with Crippen molar-refractivity contribution in [1.29, 1.82) is 0 Å². The summed E-state index contributed by atoms with van der Waals surface area (Å²) in [6.45, 7) is 2.62. The van der Waals surface area contributed by atoms with Crippen LogP contribution in [-0.4, -0.2) is 43.7 Å². The SMILES string of the molecule is COc1ccc(-c2nc(NCC3CCN(Cc4ccccc4C(F)(F)F)CC3)sc2-c2ccc(OC)cc2)cc1. The minimum Gasteiger partial charge on any atom is -0.497 e. The lowest BCUT2D eigenvalue weighted by Crippen LogP contribution is -2.35. The first-order valence-electron chi connectivity index (χ1n) is 13.2. The maximum Gasteiger partial charge on any atom is 0.416 e. The molecule has 1 saturated heterocycles. The number of nitrogens with one attached hydrogen (secondary N) is 1. The second-order valence-corrected chi connectivity index (χ2v) is 10.9. The highest BCUT2D eigenvalue weighted by atomic mass is 32.1. The lowest BCUT2D eigenvalue weighted by atomic mass is 9.96. The number of nitrogens with zero attached hydrogens (tertiary/aromatic N) is 2. The average Bonchev–Trinajstić information content (AvgIpc) is 3.41. The number of thiazole rings is 1. The second-order valence-electron chi connectivity index (χ2n) is 9.91. The minimum atomic E-state index is -4.33. The van der Waals surface area contributed by atoms with Gasteiger partial charge in [0.2, 0.25) is 0 Å². The van der Waals surface area contributed by atoms with E-state index in [1.165, 1.54) is 12.1 Å². The Labute approximate surface area is 236 Å². The molecule has 40 heavy (non-hydrogen) atoms. The number of likely N-dealkylation sites (tertiary alicyclic amines) is 1. The first-order valence-corrected chi connectivity index (χ1v) is 14.1. The van der Waals surface area contributed by atoms with Crippen LogP contribution in [0, 0.1) is 5.92 Å². The number of ether oxygens (including phenoxy) is 2. The van der Waals surface area contributed by atoms with Crippen molar-refractivity contribution in [3.05, 3.63) is 83.9 Å². The Morgan fingerprint density at radius 1 is 0.875 bits per heavy atom. The number of alkyl halides is 3. The first-order chi connectivity index (χ1) is 19.3. The van der Waals surface area contributed by atoms with E-state index < -0.39 is 11.7 Å². The number of methoxy groups -OCH3 is 2. The molecule has 1 aliphatic heterocycles. The van der Waals surface area contributed by atoms with E-state index in [1.54, 1.807) is 37.7 Å². The van der Waals surface area contributed by atoms with Gasteiger partial charge in [0.1, 0.15) is 11.5 Å². The van der Waals surface area contributed by atoms with Gasteiger partial charge in [-0.3, -0.25) is 4.90 Å². The van der Waals surface area contributed by atoms with Gasteiger partial charge in [0.05, 0.1) is 30.4 Å². The summed E-state index contributed by atoms with van der Waals surface area (Å²) in [7, 11) is 3.30. The largest absolute Gasteiger partial charge is 0.497 e. The standard InChI is InChI=1S/C31H32F3N3O2S/c1-38-25-11-7-22(8-12-25)28-29(23-9-13-26(39-2)14-10-23)40-30(36-28)35-19-21-15-17-37(18-16-21)20-24-5-3-4-6-27(24)31(32,33)34/h3-14,21H,15-20H2,1-2H3,(H,35,36). The number of hydrogen-bond donors (Lipinski definition) is 1. The molecule has 0 amide bonds. The van der Waals surface area contributed by atoms with Gasteiger partial charge in [-0.25, -0.2) is 4.98 Å². The van der Waals surface area contributed by atoms with Crippen molar-refractivity contribution < 1.29 is 22.6 Å². The molecule has 3 aromatic carbocycles. The van der Waals surface area contributed by atoms with E-state index in [4.69, 9.17) is 14.5 Å². The van der Waals surface area contributed by atoms with Gasteiger partial charge < -0.3 is 14.8 Å². The van der Waals surface area contributed by atoms with Gasteiger partial charge in [-0.2, -0.15) is 13.2 Å². The van der Waals surface area contributed by atoms with Crippen LogP contribution in [0.25, 0.3) is 21.7 Å². The molecule has 0 unspecified atom stereocenters. The molecule has 0 atom stereocenters. The number of benzene rings is 3. The fourth-order valence-electron chi connectivity index (χ4n) is 5.03. The van der Waals surface area contributed by atoms with Crippen LogP contribution in [0.15, 0.2) is 72.8 Å². The molecule has 5 nitrogen and oxygen atoms in total. The van der Waals surface area contributed by atoms with E-state index in [1.807, 2.05) is 48.5 Å². The van der Waals surface area contributed by atoms with Crippen molar-refractivity contribution in [3.63, 3.8) is 0 Å². The number of rotatable bonds is 9. The lowest BCUT2D eigenvalue weighted by molar-refractivity contribution is -0.138. The zero-order chi connectivity index (χ0) is 28.1. The van der Waals surface area contributed by atoms with E-state index >= 15 is 0 Å². The highest BCUT2D eigenvalue weighted by Gasteiger charge is 2.33. The number of hydrogen-bond acceptors (Lipinski definition) is 6. The summed E-state index contributed by atoms with van der Waals surface area (Å²) in [5, 5.41) is 4.39. The summed E-state index contributed by atoms with van der Waals surface area (Å²) >= 11 is 1.61. The van der Waals surface area contributed by atoms with Gasteiger partial charge in [-0.15, -0.1) is 0 Å². The van der Waals surface area contributed by atoms with Gasteiger partial charge in [-0.05, 0) is 97.6 Å². The molecule has 0 spiro atoms. The zero-order valence-electron chi connectivity index (χ0n) is 22.5. The molecular formula is C31H32F3N3O2S. The van der Waals surface area contributed by atoms with Crippen LogP contribution in [0.5, 0.6) is 11.5 Å². The molecule has 2 heterocycles. The summed E-state index contributed by atoms with van der Waals surface area (Å²) < 4.78 is 50.8. The number of halogens is 3. The lowest BCUT2D eigenvalue weighted by Gasteiger charge is -2.32. The minimum absolute atomic E-state index is 0.318. The Hall–Kier alpha value is -3.56. The van der Waals surface area contributed by atoms with Crippen molar-refractivity contribution in [2.45, 2.75) is 25.6 Å². The zero-order valence-corrected chi connectivity index (χ0v) is 23.3. The predicted molar refractivity (Wildman–Crippen MR) is 154 cm³/mol. The molecule has 0 aliphatic carbocycles. The number of piperidine rings is 1. The van der Waals surface area contributed by atoms with E-state index in [0.717, 1.165) is 70.8 Å². The van der Waals surface area contributed by atoms with Gasteiger partial charge in [0.25, 0.3) is 0 Å². The molecule has 1 fully saturated rings. The third kappa shape index (κ3) is 6.59. The first kappa shape index (κ1) is 28.0. The highest BCUT2D eigenvalue weighted by molar-refractivity contribution is 7.19. The van der Waals surface area contributed by atoms with Crippen molar-refractivity contribution in [2.75, 3.05) is 39.2 Å². The molecule has 4 aromatic rings. The topological polar surface area (TPSA) is 46.6 Å². The van der Waals surface area contributed by atoms with Crippen LogP contribution < -0.4 is 14.8 Å². The molecule has 5 rings (SSSR count). The molecule has 0 bridgehead atoms. The van der Waals surface area contributed by atoms with Gasteiger partial charge >= 0.3 is 6.18 Å². The summed E-state index contributed by atoms with van der Waals surface area (Å²) in [6.07, 6.45) is -2.49. The summed E-state index contributed by atoms with van der Waals surface area (Å²) in [5.74, 6) is 2.01. The molecule has 9 heteroatoms. The van der Waals surface area contributed by atoms with Crippen molar-refractivity contribution in [2.24, 2.45) is 5.92 Å². The summed E-state index contributed by atoms with van der Waals surface area (Å²) in [4.78, 5) is 8.14. The number of aromatic nitrogens is 1. The Balaban J connectivity index is 1.25. The van der Waals surface area contributed by atoms with E-state index in [-0.39, 0.29) is 0 Å². The summed E-state index contributed by atoms with van der Waals surface area (Å²) in [5.41, 5.74) is 2.76. The quantitative estimate of drug-likeness (QED) is 0.223. The Morgan fingerprint density at radius 3 is 2.08 bits per heavy atom. The maximum absolute atomic E-state index is 13.4. The van der Waals surface area contributed by atoms with E-state index in [2.05, 4.69) is 10.2 Å². The third-order valence-electron chi connectivity index (χ3n) is 7.31. The molecular weight excluding hydrogens is 535 g/mol. The van der Waals surface area contributed by atoms with Crippen molar-refractivity contribution in [1.82, 2.24) is 9.88 Å². The average molecular weight is 568 g/mol. The van der Waals surface area contributed by atoms with Gasteiger partial charge in [0, 0.05) is 18.7 Å². The smallest absolute Gasteiger partial charge is 0.416 e. The van der Waals surface area contributed by atoms with Crippen molar-refractivity contribution >= 4 is 16.5 Å². The van der Waals surface area contributed by atoms with Crippen LogP contribution in [0.2, 0.25) is 0 Å². The third-order valence-corrected chi connectivity index (χ3v) is 8.37. The molecule has 210 valence electrons.